The molecule has 2 aromatic rings. The van der Waals surface area contributed by atoms with Crippen molar-refractivity contribution in [1.82, 2.24) is 4.72 Å². The van der Waals surface area contributed by atoms with Crippen molar-refractivity contribution in [3.05, 3.63) is 71.3 Å². The van der Waals surface area contributed by atoms with Gasteiger partial charge in [-0.05, 0) is 30.7 Å². The molecule has 0 radical (unpaired) electrons. The van der Waals surface area contributed by atoms with Gasteiger partial charge in [-0.25, -0.2) is 21.9 Å². The summed E-state index contributed by atoms with van der Waals surface area (Å²) in [6, 6.07) is 10.7. The summed E-state index contributed by atoms with van der Waals surface area (Å²) >= 11 is 0. The Bertz CT molecular complexity index is 774. The van der Waals surface area contributed by atoms with Crippen molar-refractivity contribution in [2.45, 2.75) is 18.3 Å². The van der Waals surface area contributed by atoms with E-state index in [1.54, 1.807) is 6.07 Å². The molecule has 7 heteroatoms. The van der Waals surface area contributed by atoms with E-state index < -0.39 is 33.0 Å². The van der Waals surface area contributed by atoms with E-state index in [2.05, 4.69) is 4.72 Å². The van der Waals surface area contributed by atoms with Crippen LogP contribution in [0.1, 0.15) is 18.1 Å². The molecule has 0 bridgehead atoms. The standard InChI is InChI=1S/C16H17F2NO3S/c1-16(20,13-6-8-14(17)9-7-13)11-19-23(21,22)10-12-4-2-3-5-15(12)18/h2-9,19-20H,10-11H2,1H3. The lowest BCUT2D eigenvalue weighted by molar-refractivity contribution is 0.0627. The molecule has 2 N–H and O–H groups in total. The van der Waals surface area contributed by atoms with Crippen molar-refractivity contribution in [2.75, 3.05) is 6.54 Å². The van der Waals surface area contributed by atoms with Crippen LogP contribution in [0, 0.1) is 11.6 Å². The van der Waals surface area contributed by atoms with Gasteiger partial charge >= 0.3 is 0 Å². The minimum atomic E-state index is -3.83. The fourth-order valence-electron chi connectivity index (χ4n) is 2.03. The van der Waals surface area contributed by atoms with Gasteiger partial charge in [0.25, 0.3) is 0 Å². The van der Waals surface area contributed by atoms with Gasteiger partial charge in [0.2, 0.25) is 10.0 Å². The van der Waals surface area contributed by atoms with Crippen molar-refractivity contribution in [1.29, 1.82) is 0 Å². The van der Waals surface area contributed by atoms with Crippen LogP contribution in [0.5, 0.6) is 0 Å². The molecule has 0 spiro atoms. The summed E-state index contributed by atoms with van der Waals surface area (Å²) in [5, 5.41) is 10.3. The molecule has 0 aliphatic carbocycles. The first-order valence-corrected chi connectivity index (χ1v) is 8.54. The summed E-state index contributed by atoms with van der Waals surface area (Å²) in [6.07, 6.45) is 0. The predicted molar refractivity (Wildman–Crippen MR) is 83.0 cm³/mol. The molecule has 23 heavy (non-hydrogen) atoms. The lowest BCUT2D eigenvalue weighted by Crippen LogP contribution is -2.39. The highest BCUT2D eigenvalue weighted by molar-refractivity contribution is 7.88. The smallest absolute Gasteiger partial charge is 0.215 e. The van der Waals surface area contributed by atoms with Crippen molar-refractivity contribution in [2.24, 2.45) is 0 Å². The number of hydrogen-bond donors (Lipinski definition) is 2. The van der Waals surface area contributed by atoms with E-state index in [9.17, 15) is 22.3 Å². The molecular weight excluding hydrogens is 324 g/mol. The molecule has 2 rings (SSSR count). The quantitative estimate of drug-likeness (QED) is 0.847. The predicted octanol–water partition coefficient (Wildman–Crippen LogP) is 2.29. The summed E-state index contributed by atoms with van der Waals surface area (Å²) in [4.78, 5) is 0. The Kier molecular flexibility index (Phi) is 5.13. The second-order valence-electron chi connectivity index (χ2n) is 5.45. The molecule has 0 heterocycles. The second kappa shape index (κ2) is 6.74. The first-order chi connectivity index (χ1) is 10.7. The monoisotopic (exact) mass is 341 g/mol. The average Bonchev–Trinajstić information content (AvgIpc) is 2.48. The van der Waals surface area contributed by atoms with Crippen molar-refractivity contribution < 1.29 is 22.3 Å². The fourth-order valence-corrected chi connectivity index (χ4v) is 3.28. The SMILES string of the molecule is CC(O)(CNS(=O)(=O)Cc1ccccc1F)c1ccc(F)cc1. The van der Waals surface area contributed by atoms with Crippen molar-refractivity contribution in [3.8, 4) is 0 Å². The maximum atomic E-state index is 13.5. The van der Waals surface area contributed by atoms with Crippen molar-refractivity contribution >= 4 is 10.0 Å². The number of halogens is 2. The van der Waals surface area contributed by atoms with Gasteiger partial charge in [-0.2, -0.15) is 0 Å². The van der Waals surface area contributed by atoms with Gasteiger partial charge in [0.1, 0.15) is 17.2 Å². The van der Waals surface area contributed by atoms with E-state index in [0.29, 0.717) is 5.56 Å². The molecule has 0 saturated carbocycles. The van der Waals surface area contributed by atoms with Crippen LogP contribution in [-0.4, -0.2) is 20.1 Å². The molecule has 1 unspecified atom stereocenters. The van der Waals surface area contributed by atoms with Gasteiger partial charge < -0.3 is 5.11 Å². The maximum Gasteiger partial charge on any atom is 0.215 e. The summed E-state index contributed by atoms with van der Waals surface area (Å²) < 4.78 is 52.7. The van der Waals surface area contributed by atoms with Gasteiger partial charge in [-0.3, -0.25) is 0 Å². The van der Waals surface area contributed by atoms with Crippen LogP contribution in [0.4, 0.5) is 8.78 Å². The number of nitrogens with one attached hydrogen (secondary N) is 1. The third-order valence-electron chi connectivity index (χ3n) is 3.41. The molecule has 0 fully saturated rings. The molecule has 0 amide bonds. The van der Waals surface area contributed by atoms with Crippen LogP contribution in [0.25, 0.3) is 0 Å². The molecule has 0 aliphatic rings. The first-order valence-electron chi connectivity index (χ1n) is 6.89. The highest BCUT2D eigenvalue weighted by Gasteiger charge is 2.26. The maximum absolute atomic E-state index is 13.5. The molecular formula is C16H17F2NO3S. The third-order valence-corrected chi connectivity index (χ3v) is 4.68. The number of rotatable bonds is 6. The molecule has 0 aromatic heterocycles. The molecule has 4 nitrogen and oxygen atoms in total. The number of hydrogen-bond acceptors (Lipinski definition) is 3. The van der Waals surface area contributed by atoms with Crippen LogP contribution in [0.3, 0.4) is 0 Å². The summed E-state index contributed by atoms with van der Waals surface area (Å²) in [5.74, 6) is -1.59. The van der Waals surface area contributed by atoms with Crippen LogP contribution in [0.2, 0.25) is 0 Å². The highest BCUT2D eigenvalue weighted by Crippen LogP contribution is 2.20. The molecule has 2 aromatic carbocycles. The van der Waals surface area contributed by atoms with Gasteiger partial charge in [-0.1, -0.05) is 30.3 Å². The van der Waals surface area contributed by atoms with E-state index in [1.165, 1.54) is 49.4 Å². The van der Waals surface area contributed by atoms with Crippen LogP contribution >= 0.6 is 0 Å². The normalized spacial score (nSPS) is 14.4. The number of aliphatic hydroxyl groups is 1. The lowest BCUT2D eigenvalue weighted by atomic mass is 9.96. The fraction of sp³-hybridized carbons (Fsp3) is 0.250. The Balaban J connectivity index is 2.06. The summed E-state index contributed by atoms with van der Waals surface area (Å²) in [5.41, 5.74) is -1.11. The highest BCUT2D eigenvalue weighted by atomic mass is 32.2. The van der Waals surface area contributed by atoms with Gasteiger partial charge in [-0.15, -0.1) is 0 Å². The largest absolute Gasteiger partial charge is 0.384 e. The van der Waals surface area contributed by atoms with Crippen LogP contribution in [-0.2, 0) is 21.4 Å². The molecule has 0 aliphatic heterocycles. The van der Waals surface area contributed by atoms with Crippen LogP contribution in [0.15, 0.2) is 48.5 Å². The average molecular weight is 341 g/mol. The molecule has 0 saturated heterocycles. The Morgan fingerprint density at radius 3 is 2.30 bits per heavy atom. The van der Waals surface area contributed by atoms with Crippen LogP contribution < -0.4 is 4.72 Å². The van der Waals surface area contributed by atoms with E-state index in [1.807, 2.05) is 0 Å². The first kappa shape index (κ1) is 17.5. The zero-order valence-corrected chi connectivity index (χ0v) is 13.3. The summed E-state index contributed by atoms with van der Waals surface area (Å²) in [7, 11) is -3.83. The number of benzene rings is 2. The van der Waals surface area contributed by atoms with E-state index in [4.69, 9.17) is 0 Å². The Labute approximate surface area is 133 Å². The minimum absolute atomic E-state index is 0.0430. The zero-order chi connectivity index (χ0) is 17.1. The Morgan fingerprint density at radius 2 is 1.70 bits per heavy atom. The van der Waals surface area contributed by atoms with Crippen molar-refractivity contribution in [3.63, 3.8) is 0 Å². The van der Waals surface area contributed by atoms with E-state index in [0.717, 1.165) is 0 Å². The molecule has 1 atom stereocenters. The second-order valence-corrected chi connectivity index (χ2v) is 7.26. The molecule has 124 valence electrons. The Morgan fingerprint density at radius 1 is 1.09 bits per heavy atom. The summed E-state index contributed by atoms with van der Waals surface area (Å²) in [6.45, 7) is 1.10. The third kappa shape index (κ3) is 4.82. The Hall–Kier alpha value is -1.83. The van der Waals surface area contributed by atoms with E-state index in [-0.39, 0.29) is 12.1 Å². The van der Waals surface area contributed by atoms with Gasteiger partial charge in [0.05, 0.1) is 5.75 Å². The minimum Gasteiger partial charge on any atom is -0.384 e. The van der Waals surface area contributed by atoms with E-state index >= 15 is 0 Å². The van der Waals surface area contributed by atoms with Gasteiger partial charge in [0, 0.05) is 12.1 Å². The topological polar surface area (TPSA) is 66.4 Å². The lowest BCUT2D eigenvalue weighted by Gasteiger charge is -2.24. The number of sulfonamides is 1. The zero-order valence-electron chi connectivity index (χ0n) is 12.5. The van der Waals surface area contributed by atoms with Gasteiger partial charge in [0.15, 0.2) is 0 Å².